The summed E-state index contributed by atoms with van der Waals surface area (Å²) in [5.41, 5.74) is 0. The van der Waals surface area contributed by atoms with Gasteiger partial charge in [0, 0.05) is 30.6 Å². The molecule has 1 saturated heterocycles. The van der Waals surface area contributed by atoms with E-state index in [4.69, 9.17) is 4.74 Å². The van der Waals surface area contributed by atoms with Crippen LogP contribution < -0.4 is 5.32 Å². The van der Waals surface area contributed by atoms with E-state index in [1.54, 1.807) is 6.20 Å². The molecule has 1 fully saturated rings. The summed E-state index contributed by atoms with van der Waals surface area (Å²) in [4.78, 5) is 15.7. The number of ether oxygens (including phenoxy) is 1. The summed E-state index contributed by atoms with van der Waals surface area (Å²) in [7, 11) is 0. The average Bonchev–Trinajstić information content (AvgIpc) is 2.71. The normalized spacial score (nSPS) is 21.5. The molecule has 2 heterocycles. The SMILES string of the molecule is O=C(Cc1nccs1)CC1COCCN1. The van der Waals surface area contributed by atoms with Crippen LogP contribution in [0.2, 0.25) is 0 Å². The van der Waals surface area contributed by atoms with Crippen molar-refractivity contribution in [3.63, 3.8) is 0 Å². The molecule has 4 nitrogen and oxygen atoms in total. The summed E-state index contributed by atoms with van der Waals surface area (Å²) in [5.74, 6) is 0.230. The number of carbonyl (C=O) groups is 1. The molecule has 0 aromatic carbocycles. The third-order valence-electron chi connectivity index (χ3n) is 2.30. The van der Waals surface area contributed by atoms with Gasteiger partial charge in [0.15, 0.2) is 0 Å². The largest absolute Gasteiger partial charge is 0.379 e. The molecule has 1 aromatic rings. The predicted octanol–water partition coefficient (Wildman–Crippen LogP) is 0.633. The van der Waals surface area contributed by atoms with Gasteiger partial charge < -0.3 is 10.1 Å². The molecule has 0 aliphatic carbocycles. The number of nitrogens with zero attached hydrogens (tertiary/aromatic N) is 1. The Kier molecular flexibility index (Phi) is 3.82. The Bertz CT molecular complexity index is 307. The number of aromatic nitrogens is 1. The lowest BCUT2D eigenvalue weighted by Crippen LogP contribution is -2.42. The van der Waals surface area contributed by atoms with E-state index >= 15 is 0 Å². The van der Waals surface area contributed by atoms with Crippen molar-refractivity contribution in [2.75, 3.05) is 19.8 Å². The number of hydrogen-bond acceptors (Lipinski definition) is 5. The summed E-state index contributed by atoms with van der Waals surface area (Å²) in [5, 5.41) is 6.06. The molecule has 1 aromatic heterocycles. The van der Waals surface area contributed by atoms with Crippen molar-refractivity contribution < 1.29 is 9.53 Å². The zero-order valence-electron chi connectivity index (χ0n) is 8.44. The lowest BCUT2D eigenvalue weighted by atomic mass is 10.1. The highest BCUT2D eigenvalue weighted by Gasteiger charge is 2.17. The van der Waals surface area contributed by atoms with Crippen molar-refractivity contribution in [1.29, 1.82) is 0 Å². The van der Waals surface area contributed by atoms with Crippen LogP contribution in [0.5, 0.6) is 0 Å². The molecule has 0 bridgehead atoms. The number of Topliss-reactive ketones (excluding diaryl/α,β-unsaturated/α-hetero) is 1. The quantitative estimate of drug-likeness (QED) is 0.818. The number of carbonyl (C=O) groups excluding carboxylic acids is 1. The van der Waals surface area contributed by atoms with Gasteiger partial charge in [0.25, 0.3) is 0 Å². The maximum Gasteiger partial charge on any atom is 0.141 e. The van der Waals surface area contributed by atoms with Gasteiger partial charge in [-0.05, 0) is 0 Å². The van der Waals surface area contributed by atoms with Crippen molar-refractivity contribution in [2.45, 2.75) is 18.9 Å². The minimum absolute atomic E-state index is 0.186. The van der Waals surface area contributed by atoms with Crippen LogP contribution in [0.4, 0.5) is 0 Å². The fraction of sp³-hybridized carbons (Fsp3) is 0.600. The van der Waals surface area contributed by atoms with Gasteiger partial charge in [0.2, 0.25) is 0 Å². The van der Waals surface area contributed by atoms with Crippen LogP contribution in [0.15, 0.2) is 11.6 Å². The van der Waals surface area contributed by atoms with Crippen molar-refractivity contribution in [3.05, 3.63) is 16.6 Å². The van der Waals surface area contributed by atoms with Crippen LogP contribution in [0.1, 0.15) is 11.4 Å². The van der Waals surface area contributed by atoms with E-state index in [0.29, 0.717) is 19.4 Å². The summed E-state index contributed by atoms with van der Waals surface area (Å²) < 4.78 is 5.29. The van der Waals surface area contributed by atoms with E-state index in [1.807, 2.05) is 5.38 Å². The lowest BCUT2D eigenvalue weighted by Gasteiger charge is -2.22. The zero-order valence-corrected chi connectivity index (χ0v) is 9.26. The Morgan fingerprint density at radius 1 is 1.73 bits per heavy atom. The molecule has 2 rings (SSSR count). The van der Waals surface area contributed by atoms with Crippen LogP contribution in [0.25, 0.3) is 0 Å². The molecule has 1 N–H and O–H groups in total. The molecule has 0 saturated carbocycles. The predicted molar refractivity (Wildman–Crippen MR) is 58.1 cm³/mol. The Balaban J connectivity index is 1.76. The van der Waals surface area contributed by atoms with E-state index < -0.39 is 0 Å². The van der Waals surface area contributed by atoms with Crippen molar-refractivity contribution >= 4 is 17.1 Å². The third kappa shape index (κ3) is 3.37. The second kappa shape index (κ2) is 5.34. The molecule has 5 heteroatoms. The highest BCUT2D eigenvalue weighted by molar-refractivity contribution is 7.09. The third-order valence-corrected chi connectivity index (χ3v) is 3.08. The Hall–Kier alpha value is -0.780. The number of ketones is 1. The van der Waals surface area contributed by atoms with Crippen molar-refractivity contribution in [3.8, 4) is 0 Å². The first-order valence-corrected chi connectivity index (χ1v) is 5.94. The summed E-state index contributed by atoms with van der Waals surface area (Å²) >= 11 is 1.53. The van der Waals surface area contributed by atoms with Crippen LogP contribution >= 0.6 is 11.3 Å². The summed E-state index contributed by atoms with van der Waals surface area (Å²) in [6.45, 7) is 2.23. The molecule has 15 heavy (non-hydrogen) atoms. The standard InChI is InChI=1S/C10H14N2O2S/c13-9(6-10-12-2-4-15-10)5-8-7-14-3-1-11-8/h2,4,8,11H,1,3,5-7H2. The first-order chi connectivity index (χ1) is 7.34. The first kappa shape index (κ1) is 10.7. The Labute approximate surface area is 92.7 Å². The van der Waals surface area contributed by atoms with Crippen molar-refractivity contribution in [1.82, 2.24) is 10.3 Å². The minimum Gasteiger partial charge on any atom is -0.379 e. The number of hydrogen-bond donors (Lipinski definition) is 1. The zero-order chi connectivity index (χ0) is 10.5. The fourth-order valence-electron chi connectivity index (χ4n) is 1.61. The monoisotopic (exact) mass is 226 g/mol. The lowest BCUT2D eigenvalue weighted by molar-refractivity contribution is -0.119. The molecular weight excluding hydrogens is 212 g/mol. The fourth-order valence-corrected chi connectivity index (χ4v) is 2.25. The van der Waals surface area contributed by atoms with Crippen LogP contribution in [0, 0.1) is 0 Å². The topological polar surface area (TPSA) is 51.2 Å². The maximum absolute atomic E-state index is 11.6. The molecule has 1 aliphatic rings. The van der Waals surface area contributed by atoms with E-state index in [2.05, 4.69) is 10.3 Å². The van der Waals surface area contributed by atoms with Gasteiger partial charge in [0.1, 0.15) is 5.78 Å². The van der Waals surface area contributed by atoms with Gasteiger partial charge in [-0.2, -0.15) is 0 Å². The van der Waals surface area contributed by atoms with Gasteiger partial charge in [-0.3, -0.25) is 4.79 Å². The highest BCUT2D eigenvalue weighted by Crippen LogP contribution is 2.08. The van der Waals surface area contributed by atoms with E-state index in [-0.39, 0.29) is 11.8 Å². The molecule has 1 atom stereocenters. The van der Waals surface area contributed by atoms with Crippen LogP contribution in [-0.2, 0) is 16.0 Å². The van der Waals surface area contributed by atoms with Gasteiger partial charge in [-0.15, -0.1) is 11.3 Å². The molecule has 82 valence electrons. The summed E-state index contributed by atoms with van der Waals surface area (Å²) in [6.07, 6.45) is 2.73. The molecule has 0 amide bonds. The second-order valence-electron chi connectivity index (χ2n) is 3.57. The summed E-state index contributed by atoms with van der Waals surface area (Å²) in [6, 6.07) is 0.186. The van der Waals surface area contributed by atoms with E-state index in [0.717, 1.165) is 18.2 Å². The minimum atomic E-state index is 0.186. The van der Waals surface area contributed by atoms with Gasteiger partial charge >= 0.3 is 0 Å². The van der Waals surface area contributed by atoms with Crippen LogP contribution in [-0.4, -0.2) is 36.6 Å². The Morgan fingerprint density at radius 3 is 3.33 bits per heavy atom. The van der Waals surface area contributed by atoms with Crippen molar-refractivity contribution in [2.24, 2.45) is 0 Å². The van der Waals surface area contributed by atoms with E-state index in [9.17, 15) is 4.79 Å². The van der Waals surface area contributed by atoms with Crippen LogP contribution in [0.3, 0.4) is 0 Å². The number of nitrogens with one attached hydrogen (secondary N) is 1. The second-order valence-corrected chi connectivity index (χ2v) is 4.55. The average molecular weight is 226 g/mol. The molecule has 1 unspecified atom stereocenters. The molecule has 1 aliphatic heterocycles. The number of morpholine rings is 1. The molecular formula is C10H14N2O2S. The molecule has 0 radical (unpaired) electrons. The maximum atomic E-state index is 11.6. The number of thiazole rings is 1. The Morgan fingerprint density at radius 2 is 2.67 bits per heavy atom. The van der Waals surface area contributed by atoms with E-state index in [1.165, 1.54) is 11.3 Å². The first-order valence-electron chi connectivity index (χ1n) is 5.06. The smallest absolute Gasteiger partial charge is 0.141 e. The number of rotatable bonds is 4. The molecule has 0 spiro atoms. The van der Waals surface area contributed by atoms with Gasteiger partial charge in [0.05, 0.1) is 24.6 Å². The van der Waals surface area contributed by atoms with Gasteiger partial charge in [-0.25, -0.2) is 4.98 Å². The van der Waals surface area contributed by atoms with Gasteiger partial charge in [-0.1, -0.05) is 0 Å². The highest BCUT2D eigenvalue weighted by atomic mass is 32.1.